The third kappa shape index (κ3) is 4.70. The van der Waals surface area contributed by atoms with Crippen LogP contribution in [-0.2, 0) is 24.1 Å². The number of hydrogen-bond acceptors (Lipinski definition) is 4. The molecule has 1 aliphatic rings. The zero-order chi connectivity index (χ0) is 15.2. The van der Waals surface area contributed by atoms with Crippen LogP contribution in [-0.4, -0.2) is 29.5 Å². The summed E-state index contributed by atoms with van der Waals surface area (Å²) in [5, 5.41) is 6.30. The molecule has 0 saturated carbocycles. The number of aryl methyl sites for hydroxylation is 3. The summed E-state index contributed by atoms with van der Waals surface area (Å²) >= 11 is 1.81. The molecule has 0 aromatic carbocycles. The fourth-order valence-corrected chi connectivity index (χ4v) is 3.59. The molecule has 1 heterocycles. The molecule has 0 fully saturated rings. The molecule has 1 aliphatic carbocycles. The molecular formula is C14H22N4O2S. The monoisotopic (exact) mass is 310 g/mol. The van der Waals surface area contributed by atoms with Gasteiger partial charge in [-0.1, -0.05) is 0 Å². The van der Waals surface area contributed by atoms with Crippen LogP contribution in [0.25, 0.3) is 0 Å². The Hall–Kier alpha value is -1.63. The molecule has 0 saturated heterocycles. The fourth-order valence-electron chi connectivity index (χ4n) is 2.40. The van der Waals surface area contributed by atoms with Crippen molar-refractivity contribution in [2.75, 3.05) is 6.54 Å². The number of nitrogens with zero attached hydrogens (tertiary/aromatic N) is 1. The summed E-state index contributed by atoms with van der Waals surface area (Å²) < 4.78 is 0. The van der Waals surface area contributed by atoms with E-state index in [2.05, 4.69) is 15.6 Å². The molecule has 0 unspecified atom stereocenters. The first-order valence-electron chi connectivity index (χ1n) is 7.37. The third-order valence-corrected chi connectivity index (χ3v) is 4.73. The number of nitrogens with one attached hydrogen (secondary N) is 2. The SMILES string of the molecule is C[C@H](NC(N)=O)C(=O)NCCCc1nc2c(s1)CCCC2. The van der Waals surface area contributed by atoms with E-state index in [1.807, 2.05) is 11.3 Å². The number of primary amides is 1. The van der Waals surface area contributed by atoms with E-state index in [0.717, 1.165) is 19.3 Å². The smallest absolute Gasteiger partial charge is 0.312 e. The summed E-state index contributed by atoms with van der Waals surface area (Å²) in [4.78, 5) is 28.4. The van der Waals surface area contributed by atoms with E-state index in [1.54, 1.807) is 6.92 Å². The number of fused-ring (bicyclic) bond motifs is 1. The lowest BCUT2D eigenvalue weighted by Gasteiger charge is -2.11. The van der Waals surface area contributed by atoms with Gasteiger partial charge in [-0.25, -0.2) is 9.78 Å². The number of aromatic nitrogens is 1. The van der Waals surface area contributed by atoms with Crippen LogP contribution in [0.4, 0.5) is 4.79 Å². The lowest BCUT2D eigenvalue weighted by molar-refractivity contribution is -0.122. The summed E-state index contributed by atoms with van der Waals surface area (Å²) in [5.74, 6) is -0.216. The Morgan fingerprint density at radius 1 is 1.38 bits per heavy atom. The van der Waals surface area contributed by atoms with Crippen molar-refractivity contribution in [3.8, 4) is 0 Å². The maximum atomic E-state index is 11.7. The number of nitrogens with two attached hydrogens (primary N) is 1. The Balaban J connectivity index is 1.68. The zero-order valence-corrected chi connectivity index (χ0v) is 13.1. The molecule has 116 valence electrons. The Labute approximate surface area is 128 Å². The number of rotatable bonds is 6. The Morgan fingerprint density at radius 2 is 2.14 bits per heavy atom. The average Bonchev–Trinajstić information content (AvgIpc) is 2.85. The van der Waals surface area contributed by atoms with Gasteiger partial charge in [0.1, 0.15) is 6.04 Å². The highest BCUT2D eigenvalue weighted by Crippen LogP contribution is 2.27. The Morgan fingerprint density at radius 3 is 2.86 bits per heavy atom. The molecule has 0 spiro atoms. The second-order valence-electron chi connectivity index (χ2n) is 5.31. The first-order valence-corrected chi connectivity index (χ1v) is 8.19. The van der Waals surface area contributed by atoms with E-state index in [-0.39, 0.29) is 5.91 Å². The van der Waals surface area contributed by atoms with Crippen molar-refractivity contribution in [3.05, 3.63) is 15.6 Å². The van der Waals surface area contributed by atoms with Crippen molar-refractivity contribution >= 4 is 23.3 Å². The molecule has 1 aromatic heterocycles. The second-order valence-corrected chi connectivity index (χ2v) is 6.48. The lowest BCUT2D eigenvalue weighted by atomic mass is 10.0. The van der Waals surface area contributed by atoms with Crippen molar-refractivity contribution in [2.45, 2.75) is 51.5 Å². The standard InChI is InChI=1S/C14H22N4O2S/c1-9(17-14(15)20)13(19)16-8-4-7-12-18-10-5-2-3-6-11(10)21-12/h9H,2-8H2,1H3,(H,16,19)(H3,15,17,20)/t9-/m0/s1. The van der Waals surface area contributed by atoms with Crippen LogP contribution in [0.1, 0.15) is 41.8 Å². The predicted octanol–water partition coefficient (Wildman–Crippen LogP) is 1.13. The van der Waals surface area contributed by atoms with Crippen LogP contribution in [0.5, 0.6) is 0 Å². The van der Waals surface area contributed by atoms with Crippen molar-refractivity contribution in [3.63, 3.8) is 0 Å². The molecule has 3 amide bonds. The molecule has 4 N–H and O–H groups in total. The molecular weight excluding hydrogens is 288 g/mol. The van der Waals surface area contributed by atoms with Gasteiger partial charge >= 0.3 is 6.03 Å². The lowest BCUT2D eigenvalue weighted by Crippen LogP contribution is -2.46. The van der Waals surface area contributed by atoms with Gasteiger partial charge in [-0.15, -0.1) is 11.3 Å². The van der Waals surface area contributed by atoms with Gasteiger partial charge in [0.25, 0.3) is 0 Å². The first-order chi connectivity index (χ1) is 10.1. The van der Waals surface area contributed by atoms with Crippen molar-refractivity contribution in [2.24, 2.45) is 5.73 Å². The predicted molar refractivity (Wildman–Crippen MR) is 82.3 cm³/mol. The minimum absolute atomic E-state index is 0.216. The van der Waals surface area contributed by atoms with Crippen molar-refractivity contribution in [1.82, 2.24) is 15.6 Å². The molecule has 0 radical (unpaired) electrons. The van der Waals surface area contributed by atoms with E-state index in [0.29, 0.717) is 6.54 Å². The number of amides is 3. The van der Waals surface area contributed by atoms with E-state index in [4.69, 9.17) is 5.73 Å². The van der Waals surface area contributed by atoms with Crippen molar-refractivity contribution in [1.29, 1.82) is 0 Å². The largest absolute Gasteiger partial charge is 0.354 e. The quantitative estimate of drug-likeness (QED) is 0.687. The number of hydrogen-bond donors (Lipinski definition) is 3. The van der Waals surface area contributed by atoms with E-state index in [1.165, 1.54) is 34.8 Å². The summed E-state index contributed by atoms with van der Waals surface area (Å²) in [6.07, 6.45) is 6.53. The zero-order valence-electron chi connectivity index (χ0n) is 12.3. The summed E-state index contributed by atoms with van der Waals surface area (Å²) in [5.41, 5.74) is 6.25. The van der Waals surface area contributed by atoms with Gasteiger partial charge in [0, 0.05) is 17.8 Å². The summed E-state index contributed by atoms with van der Waals surface area (Å²) in [6, 6.07) is -1.29. The molecule has 1 aromatic rings. The Kier molecular flexibility index (Phi) is 5.55. The van der Waals surface area contributed by atoms with Gasteiger partial charge < -0.3 is 16.4 Å². The third-order valence-electron chi connectivity index (χ3n) is 3.51. The van der Waals surface area contributed by atoms with Gasteiger partial charge in [-0.2, -0.15) is 0 Å². The maximum absolute atomic E-state index is 11.7. The molecule has 2 rings (SSSR count). The molecule has 21 heavy (non-hydrogen) atoms. The number of thiazole rings is 1. The molecule has 1 atom stereocenters. The second kappa shape index (κ2) is 7.40. The van der Waals surface area contributed by atoms with Gasteiger partial charge in [-0.3, -0.25) is 4.79 Å². The molecule has 7 heteroatoms. The van der Waals surface area contributed by atoms with Crippen LogP contribution >= 0.6 is 11.3 Å². The van der Waals surface area contributed by atoms with E-state index >= 15 is 0 Å². The minimum atomic E-state index is -0.689. The minimum Gasteiger partial charge on any atom is -0.354 e. The van der Waals surface area contributed by atoms with Gasteiger partial charge in [0.05, 0.1) is 10.7 Å². The van der Waals surface area contributed by atoms with Crippen LogP contribution in [0.2, 0.25) is 0 Å². The first kappa shape index (κ1) is 15.8. The van der Waals surface area contributed by atoms with Gasteiger partial charge in [-0.05, 0) is 39.0 Å². The highest BCUT2D eigenvalue weighted by molar-refractivity contribution is 7.11. The average molecular weight is 310 g/mol. The Bertz CT molecular complexity index is 492. The number of carbonyl (C=O) groups is 2. The topological polar surface area (TPSA) is 97.1 Å². The van der Waals surface area contributed by atoms with E-state index < -0.39 is 12.1 Å². The van der Waals surface area contributed by atoms with Crippen molar-refractivity contribution < 1.29 is 9.59 Å². The van der Waals surface area contributed by atoms with Gasteiger partial charge in [0.2, 0.25) is 5.91 Å². The highest BCUT2D eigenvalue weighted by atomic mass is 32.1. The van der Waals surface area contributed by atoms with Crippen LogP contribution < -0.4 is 16.4 Å². The fraction of sp³-hybridized carbons (Fsp3) is 0.643. The highest BCUT2D eigenvalue weighted by Gasteiger charge is 2.15. The number of urea groups is 1. The van der Waals surface area contributed by atoms with E-state index in [9.17, 15) is 9.59 Å². The normalized spacial score (nSPS) is 15.1. The van der Waals surface area contributed by atoms with Crippen LogP contribution in [0.3, 0.4) is 0 Å². The van der Waals surface area contributed by atoms with Crippen LogP contribution in [0, 0.1) is 0 Å². The molecule has 6 nitrogen and oxygen atoms in total. The van der Waals surface area contributed by atoms with Gasteiger partial charge in [0.15, 0.2) is 0 Å². The maximum Gasteiger partial charge on any atom is 0.312 e. The summed E-state index contributed by atoms with van der Waals surface area (Å²) in [6.45, 7) is 2.18. The number of carbonyl (C=O) groups excluding carboxylic acids is 2. The summed E-state index contributed by atoms with van der Waals surface area (Å²) in [7, 11) is 0. The molecule has 0 aliphatic heterocycles. The molecule has 0 bridgehead atoms. The van der Waals surface area contributed by atoms with Crippen LogP contribution in [0.15, 0.2) is 0 Å².